The lowest BCUT2D eigenvalue weighted by Crippen LogP contribution is -2.35. The molecule has 1 aromatic rings. The van der Waals surface area contributed by atoms with E-state index in [1.807, 2.05) is 12.1 Å². The molecule has 1 saturated carbocycles. The Morgan fingerprint density at radius 3 is 2.67 bits per heavy atom. The first-order valence-corrected chi connectivity index (χ1v) is 8.29. The highest BCUT2D eigenvalue weighted by Gasteiger charge is 2.39. The molecule has 2 rings (SSSR count). The lowest BCUT2D eigenvalue weighted by Gasteiger charge is -2.39. The number of carbonyl (C=O) groups is 2. The van der Waals surface area contributed by atoms with Crippen LogP contribution in [0.25, 0.3) is 0 Å². The van der Waals surface area contributed by atoms with E-state index >= 15 is 0 Å². The summed E-state index contributed by atoms with van der Waals surface area (Å²) >= 11 is 0. The van der Waals surface area contributed by atoms with Gasteiger partial charge in [-0.2, -0.15) is 5.26 Å². The molecule has 1 aliphatic rings. The van der Waals surface area contributed by atoms with Crippen LogP contribution in [-0.4, -0.2) is 26.0 Å². The van der Waals surface area contributed by atoms with Crippen LogP contribution in [0.4, 0.5) is 0 Å². The number of benzene rings is 1. The molecule has 5 heteroatoms. The molecule has 0 aliphatic heterocycles. The molecule has 0 saturated heterocycles. The van der Waals surface area contributed by atoms with Gasteiger partial charge in [0.25, 0.3) is 0 Å². The van der Waals surface area contributed by atoms with Crippen LogP contribution in [0.5, 0.6) is 5.75 Å². The number of carbonyl (C=O) groups excluding carboxylic acids is 2. The highest BCUT2D eigenvalue weighted by Crippen LogP contribution is 2.44. The van der Waals surface area contributed by atoms with Crippen molar-refractivity contribution in [2.75, 3.05) is 13.7 Å². The van der Waals surface area contributed by atoms with Gasteiger partial charge < -0.3 is 14.3 Å². The van der Waals surface area contributed by atoms with Crippen LogP contribution in [0.2, 0.25) is 0 Å². The molecule has 128 valence electrons. The first-order chi connectivity index (χ1) is 11.6. The molecule has 0 bridgehead atoms. The largest absolute Gasteiger partial charge is 0.495 e. The fraction of sp³-hybridized carbons (Fsp3) is 0.526. The quantitative estimate of drug-likeness (QED) is 0.592. The molecule has 5 nitrogen and oxygen atoms in total. The Morgan fingerprint density at radius 1 is 1.42 bits per heavy atom. The minimum Gasteiger partial charge on any atom is -0.495 e. The standard InChI is InChI=1S/C19H23NO4/c1-3-24-18(22)14-6-8-19(9-7-14,10-11-21)16-4-5-17(23-2)15(12-16)13-20/h4-5,11-12,14H,3,6-10H2,1-2H3. The van der Waals surface area contributed by atoms with Crippen molar-refractivity contribution in [3.8, 4) is 11.8 Å². The number of ether oxygens (including phenoxy) is 2. The van der Waals surface area contributed by atoms with Crippen LogP contribution >= 0.6 is 0 Å². The molecule has 0 atom stereocenters. The van der Waals surface area contributed by atoms with Crippen LogP contribution in [0.1, 0.15) is 50.2 Å². The smallest absolute Gasteiger partial charge is 0.308 e. The Balaban J connectivity index is 2.26. The van der Waals surface area contributed by atoms with Crippen molar-refractivity contribution >= 4 is 12.3 Å². The van der Waals surface area contributed by atoms with Gasteiger partial charge in [-0.1, -0.05) is 6.07 Å². The van der Waals surface area contributed by atoms with Crippen molar-refractivity contribution in [2.24, 2.45) is 5.92 Å². The highest BCUT2D eigenvalue weighted by atomic mass is 16.5. The van der Waals surface area contributed by atoms with E-state index in [0.717, 1.165) is 24.7 Å². The Morgan fingerprint density at radius 2 is 2.12 bits per heavy atom. The molecule has 0 heterocycles. The zero-order valence-corrected chi connectivity index (χ0v) is 14.2. The van der Waals surface area contributed by atoms with E-state index < -0.39 is 0 Å². The van der Waals surface area contributed by atoms with Crippen molar-refractivity contribution in [3.63, 3.8) is 0 Å². The summed E-state index contributed by atoms with van der Waals surface area (Å²) in [4.78, 5) is 23.2. The zero-order chi connectivity index (χ0) is 17.6. The normalized spacial score (nSPS) is 23.1. The van der Waals surface area contributed by atoms with E-state index in [-0.39, 0.29) is 17.3 Å². The van der Waals surface area contributed by atoms with Crippen LogP contribution in [0, 0.1) is 17.2 Å². The minimum absolute atomic E-state index is 0.0987. The van der Waals surface area contributed by atoms with Gasteiger partial charge >= 0.3 is 5.97 Å². The zero-order valence-electron chi connectivity index (χ0n) is 14.2. The third-order valence-corrected chi connectivity index (χ3v) is 4.97. The molecule has 24 heavy (non-hydrogen) atoms. The number of nitriles is 1. The number of nitrogens with zero attached hydrogens (tertiary/aromatic N) is 1. The van der Waals surface area contributed by atoms with Gasteiger partial charge in [0.1, 0.15) is 18.1 Å². The molecular weight excluding hydrogens is 306 g/mol. The lowest BCUT2D eigenvalue weighted by atomic mass is 9.65. The first-order valence-electron chi connectivity index (χ1n) is 8.29. The van der Waals surface area contributed by atoms with E-state index in [2.05, 4.69) is 6.07 Å². The average molecular weight is 329 g/mol. The van der Waals surface area contributed by atoms with Gasteiger partial charge in [-0.15, -0.1) is 0 Å². The van der Waals surface area contributed by atoms with Gasteiger partial charge in [0.05, 0.1) is 25.2 Å². The number of hydrogen-bond acceptors (Lipinski definition) is 5. The summed E-state index contributed by atoms with van der Waals surface area (Å²) in [7, 11) is 1.53. The number of methoxy groups -OCH3 is 1. The molecule has 1 aliphatic carbocycles. The highest BCUT2D eigenvalue weighted by molar-refractivity contribution is 5.72. The van der Waals surface area contributed by atoms with E-state index in [1.165, 1.54) is 7.11 Å². The molecular formula is C19H23NO4. The molecule has 0 radical (unpaired) electrons. The van der Waals surface area contributed by atoms with Crippen LogP contribution < -0.4 is 4.74 Å². The first kappa shape index (κ1) is 18.0. The fourth-order valence-electron chi connectivity index (χ4n) is 3.56. The second kappa shape index (κ2) is 7.96. The van der Waals surface area contributed by atoms with E-state index in [9.17, 15) is 14.9 Å². The fourth-order valence-corrected chi connectivity index (χ4v) is 3.56. The maximum absolute atomic E-state index is 11.9. The second-order valence-corrected chi connectivity index (χ2v) is 6.20. The summed E-state index contributed by atoms with van der Waals surface area (Å²) in [6.07, 6.45) is 4.17. The number of hydrogen-bond donors (Lipinski definition) is 0. The summed E-state index contributed by atoms with van der Waals surface area (Å²) in [6, 6.07) is 7.65. The second-order valence-electron chi connectivity index (χ2n) is 6.20. The molecule has 0 amide bonds. The number of esters is 1. The summed E-state index contributed by atoms with van der Waals surface area (Å²) in [5.74, 6) is 0.283. The van der Waals surface area contributed by atoms with Crippen molar-refractivity contribution in [2.45, 2.75) is 44.4 Å². The predicted octanol–water partition coefficient (Wildman–Crippen LogP) is 3.15. The molecule has 0 unspecified atom stereocenters. The summed E-state index contributed by atoms with van der Waals surface area (Å²) in [5.41, 5.74) is 1.12. The Kier molecular flexibility index (Phi) is 5.97. The molecule has 0 N–H and O–H groups in total. The Labute approximate surface area is 142 Å². The van der Waals surface area contributed by atoms with Crippen LogP contribution in [0.15, 0.2) is 18.2 Å². The van der Waals surface area contributed by atoms with Crippen molar-refractivity contribution in [1.82, 2.24) is 0 Å². The minimum atomic E-state index is -0.317. The lowest BCUT2D eigenvalue weighted by molar-refractivity contribution is -0.149. The third-order valence-electron chi connectivity index (χ3n) is 4.97. The van der Waals surface area contributed by atoms with Crippen molar-refractivity contribution in [1.29, 1.82) is 5.26 Å². The molecule has 0 aromatic heterocycles. The monoisotopic (exact) mass is 329 g/mol. The Bertz CT molecular complexity index is 639. The summed E-state index contributed by atoms with van der Waals surface area (Å²) in [5, 5.41) is 9.30. The Hall–Kier alpha value is -2.35. The van der Waals surface area contributed by atoms with Crippen LogP contribution in [0.3, 0.4) is 0 Å². The van der Waals surface area contributed by atoms with E-state index in [0.29, 0.717) is 37.2 Å². The van der Waals surface area contributed by atoms with Gasteiger partial charge in [0.2, 0.25) is 0 Å². The van der Waals surface area contributed by atoms with Gasteiger partial charge in [0.15, 0.2) is 0 Å². The number of aldehydes is 1. The predicted molar refractivity (Wildman–Crippen MR) is 88.7 cm³/mol. The van der Waals surface area contributed by atoms with Gasteiger partial charge in [-0.25, -0.2) is 0 Å². The summed E-state index contributed by atoms with van der Waals surface area (Å²) < 4.78 is 10.3. The van der Waals surface area contributed by atoms with Crippen molar-refractivity contribution < 1.29 is 19.1 Å². The summed E-state index contributed by atoms with van der Waals surface area (Å²) in [6.45, 7) is 2.19. The van der Waals surface area contributed by atoms with Crippen LogP contribution in [-0.2, 0) is 19.7 Å². The SMILES string of the molecule is CCOC(=O)C1CCC(CC=O)(c2ccc(OC)c(C#N)c2)CC1. The van der Waals surface area contributed by atoms with Crippen molar-refractivity contribution in [3.05, 3.63) is 29.3 Å². The maximum Gasteiger partial charge on any atom is 0.308 e. The van der Waals surface area contributed by atoms with Gasteiger partial charge in [0, 0.05) is 11.8 Å². The van der Waals surface area contributed by atoms with Gasteiger partial charge in [-0.05, 0) is 50.3 Å². The third kappa shape index (κ3) is 3.59. The van der Waals surface area contributed by atoms with E-state index in [4.69, 9.17) is 9.47 Å². The molecule has 0 spiro atoms. The average Bonchev–Trinajstić information content (AvgIpc) is 2.62. The number of rotatable bonds is 6. The molecule has 1 aromatic carbocycles. The van der Waals surface area contributed by atoms with E-state index in [1.54, 1.807) is 13.0 Å². The maximum atomic E-state index is 11.9. The molecule has 1 fully saturated rings. The topological polar surface area (TPSA) is 76.4 Å². The van der Waals surface area contributed by atoms with Gasteiger partial charge in [-0.3, -0.25) is 4.79 Å².